The zero-order valence-electron chi connectivity index (χ0n) is 32.8. The maximum Gasteiger partial charge on any atom is 0.326 e. The average molecular weight is 804 g/mol. The van der Waals surface area contributed by atoms with Gasteiger partial charge < -0.3 is 36.8 Å². The summed E-state index contributed by atoms with van der Waals surface area (Å²) in [5, 5.41) is 55.6. The van der Waals surface area contributed by atoms with Gasteiger partial charge in [-0.2, -0.15) is 0 Å². The van der Waals surface area contributed by atoms with Gasteiger partial charge in [-0.05, 0) is 58.7 Å². The number of rotatable bonds is 21. The lowest BCUT2D eigenvalue weighted by Gasteiger charge is -2.24. The second-order valence-corrected chi connectivity index (χ2v) is 15.3. The van der Waals surface area contributed by atoms with Crippen molar-refractivity contribution in [3.8, 4) is 0 Å². The predicted molar refractivity (Wildman–Crippen MR) is 214 cm³/mol. The van der Waals surface area contributed by atoms with Crippen LogP contribution in [0.2, 0.25) is 0 Å². The third-order valence-electron chi connectivity index (χ3n) is 8.45. The van der Waals surface area contributed by atoms with Crippen molar-refractivity contribution in [2.24, 2.45) is 11.3 Å². The van der Waals surface area contributed by atoms with Crippen LogP contribution in [-0.2, 0) is 43.2 Å². The molecular formula is C40H49N7O11. The van der Waals surface area contributed by atoms with Crippen molar-refractivity contribution >= 4 is 46.7 Å². The number of amides is 3. The van der Waals surface area contributed by atoms with Crippen LogP contribution in [0.3, 0.4) is 0 Å². The molecule has 3 aromatic carbocycles. The molecule has 3 atom stereocenters. The maximum absolute atomic E-state index is 13.5. The number of benzene rings is 3. The van der Waals surface area contributed by atoms with Crippen molar-refractivity contribution in [2.45, 2.75) is 84.8 Å². The summed E-state index contributed by atoms with van der Waals surface area (Å²) in [6.07, 6.45) is 0.481. The molecule has 0 saturated carbocycles. The normalized spacial score (nSPS) is 13.0. The van der Waals surface area contributed by atoms with Crippen molar-refractivity contribution in [3.05, 3.63) is 122 Å². The molecule has 0 heterocycles. The molecular weight excluding hydrogens is 754 g/mol. The molecule has 7 N–H and O–H groups in total. The number of nitrogens with zero attached hydrogens (tertiary/aromatic N) is 2. The number of nitrogens with one attached hydrogen (secondary N) is 5. The fraction of sp³-hybridized carbons (Fsp3) is 0.375. The Morgan fingerprint density at radius 3 is 1.64 bits per heavy atom. The van der Waals surface area contributed by atoms with Crippen LogP contribution >= 0.6 is 0 Å². The van der Waals surface area contributed by atoms with Gasteiger partial charge in [0.2, 0.25) is 17.7 Å². The lowest BCUT2D eigenvalue weighted by molar-refractivity contribution is -0.403. The second kappa shape index (κ2) is 20.9. The van der Waals surface area contributed by atoms with E-state index in [4.69, 9.17) is 0 Å². The highest BCUT2D eigenvalue weighted by Gasteiger charge is 2.29. The number of carboxylic acid groups (broad SMARTS) is 2. The van der Waals surface area contributed by atoms with Crippen molar-refractivity contribution in [3.63, 3.8) is 0 Å². The van der Waals surface area contributed by atoms with E-state index < -0.39 is 57.6 Å². The van der Waals surface area contributed by atoms with Crippen molar-refractivity contribution in [2.75, 3.05) is 10.6 Å². The molecule has 3 unspecified atom stereocenters. The molecule has 58 heavy (non-hydrogen) atoms. The minimum absolute atomic E-state index is 0.0420. The monoisotopic (exact) mass is 803 g/mol. The van der Waals surface area contributed by atoms with Gasteiger partial charge in [0.1, 0.15) is 18.1 Å². The van der Waals surface area contributed by atoms with Gasteiger partial charge in [-0.15, -0.1) is 0 Å². The van der Waals surface area contributed by atoms with Crippen LogP contribution in [-0.4, -0.2) is 67.8 Å². The summed E-state index contributed by atoms with van der Waals surface area (Å²) in [7, 11) is 0. The van der Waals surface area contributed by atoms with Crippen LogP contribution in [0.15, 0.2) is 84.8 Å². The molecule has 0 aliphatic heterocycles. The van der Waals surface area contributed by atoms with E-state index in [0.29, 0.717) is 34.3 Å². The Hall–Kier alpha value is -6.85. The molecule has 0 aromatic heterocycles. The Morgan fingerprint density at radius 2 is 1.19 bits per heavy atom. The Kier molecular flexibility index (Phi) is 16.4. The highest BCUT2D eigenvalue weighted by Crippen LogP contribution is 2.21. The number of anilines is 2. The maximum atomic E-state index is 13.5. The summed E-state index contributed by atoms with van der Waals surface area (Å²) < 4.78 is 0. The molecule has 0 radical (unpaired) electrons. The molecule has 0 fully saturated rings. The first-order chi connectivity index (χ1) is 27.2. The lowest BCUT2D eigenvalue weighted by atomic mass is 9.91. The molecule has 18 heteroatoms. The van der Waals surface area contributed by atoms with Crippen LogP contribution in [0, 0.1) is 31.6 Å². The second-order valence-electron chi connectivity index (χ2n) is 15.3. The molecule has 0 aliphatic carbocycles. The number of carboxylic acids is 2. The summed E-state index contributed by atoms with van der Waals surface area (Å²) in [6.45, 7) is 9.21. The summed E-state index contributed by atoms with van der Waals surface area (Å²) in [5.41, 5.74) is 1.70. The number of hydrogen-bond donors (Lipinski definition) is 7. The Labute approximate surface area is 334 Å². The number of non-ortho nitro benzene ring substituents is 1. The first-order valence-electron chi connectivity index (χ1n) is 18.3. The minimum atomic E-state index is -1.44. The number of nitro groups is 2. The highest BCUT2D eigenvalue weighted by atomic mass is 16.6. The quantitative estimate of drug-likeness (QED) is 0.0573. The summed E-state index contributed by atoms with van der Waals surface area (Å²) in [5.74, 6) is -4.41. The third kappa shape index (κ3) is 15.7. The fourth-order valence-electron chi connectivity index (χ4n) is 5.81. The number of hydrogen-bond acceptors (Lipinski definition) is 11. The standard InChI is InChI=1S/C40H49N7O11/c1-24(2)18-31(37(50)45-33(39(53)54)21-27-9-7-6-8-26(27)20-32(38(51)52)44-36(49)22-40(3,4)5)43-35(48)19-25-10-12-28(13-11-25)41-34(23-46(55)56)42-29-14-16-30(17-15-29)47(57)58/h6-17,23-24,31-33,41-42H,18-22H2,1-5H3,(H,43,48)(H,44,49)(H,45,50)(H,51,52)(H,53,54). The van der Waals surface area contributed by atoms with Gasteiger partial charge in [-0.3, -0.25) is 34.6 Å². The first kappa shape index (κ1) is 45.5. The van der Waals surface area contributed by atoms with Gasteiger partial charge in [0.05, 0.1) is 16.3 Å². The Bertz CT molecular complexity index is 1990. The van der Waals surface area contributed by atoms with Gasteiger partial charge >= 0.3 is 11.9 Å². The van der Waals surface area contributed by atoms with E-state index in [0.717, 1.165) is 0 Å². The topological polar surface area (TPSA) is 272 Å². The van der Waals surface area contributed by atoms with E-state index in [1.807, 2.05) is 34.6 Å². The van der Waals surface area contributed by atoms with Crippen molar-refractivity contribution in [1.82, 2.24) is 16.0 Å². The van der Waals surface area contributed by atoms with Gasteiger partial charge in [0.15, 0.2) is 5.82 Å². The van der Waals surface area contributed by atoms with Gasteiger partial charge in [-0.1, -0.05) is 71.0 Å². The van der Waals surface area contributed by atoms with E-state index in [9.17, 15) is 54.4 Å². The zero-order chi connectivity index (χ0) is 43.2. The number of aliphatic carboxylic acids is 2. The number of carbonyl (C=O) groups is 5. The molecule has 0 spiro atoms. The SMILES string of the molecule is CC(C)CC(NC(=O)Cc1ccc(NC(=C[N+](=O)[O-])Nc2ccc([N+](=O)[O-])cc2)cc1)C(=O)NC(Cc1ccccc1CC(NC(=O)CC(C)(C)C)C(=O)O)C(=O)O. The molecule has 0 saturated heterocycles. The number of carbonyl (C=O) groups excluding carboxylic acids is 3. The molecule has 0 aliphatic rings. The molecule has 3 amide bonds. The van der Waals surface area contributed by atoms with E-state index in [-0.39, 0.29) is 54.9 Å². The van der Waals surface area contributed by atoms with Crippen LogP contribution in [0.5, 0.6) is 0 Å². The van der Waals surface area contributed by atoms with Crippen molar-refractivity contribution < 1.29 is 44.0 Å². The summed E-state index contributed by atoms with van der Waals surface area (Å²) >= 11 is 0. The van der Waals surface area contributed by atoms with E-state index in [1.54, 1.807) is 48.5 Å². The van der Waals surface area contributed by atoms with Crippen LogP contribution in [0.1, 0.15) is 64.2 Å². The minimum Gasteiger partial charge on any atom is -0.480 e. The molecule has 3 rings (SSSR count). The fourth-order valence-corrected chi connectivity index (χ4v) is 5.81. The molecule has 18 nitrogen and oxygen atoms in total. The van der Waals surface area contributed by atoms with E-state index in [2.05, 4.69) is 26.6 Å². The Balaban J connectivity index is 1.68. The number of nitro benzene ring substituents is 1. The van der Waals surface area contributed by atoms with Gasteiger partial charge in [-0.25, -0.2) is 9.59 Å². The Morgan fingerprint density at radius 1 is 0.707 bits per heavy atom. The van der Waals surface area contributed by atoms with Crippen molar-refractivity contribution in [1.29, 1.82) is 0 Å². The van der Waals surface area contributed by atoms with Crippen LogP contribution in [0.25, 0.3) is 0 Å². The molecule has 3 aromatic rings. The molecule has 310 valence electrons. The zero-order valence-corrected chi connectivity index (χ0v) is 32.8. The van der Waals surface area contributed by atoms with E-state index >= 15 is 0 Å². The van der Waals surface area contributed by atoms with Gasteiger partial charge in [0, 0.05) is 42.8 Å². The highest BCUT2D eigenvalue weighted by molar-refractivity contribution is 5.91. The van der Waals surface area contributed by atoms with E-state index in [1.165, 1.54) is 24.3 Å². The van der Waals surface area contributed by atoms with Crippen LogP contribution in [0.4, 0.5) is 17.1 Å². The predicted octanol–water partition coefficient (Wildman–Crippen LogP) is 4.63. The van der Waals surface area contributed by atoms with Gasteiger partial charge in [0.25, 0.3) is 11.9 Å². The lowest BCUT2D eigenvalue weighted by Crippen LogP contribution is -2.53. The summed E-state index contributed by atoms with van der Waals surface area (Å²) in [4.78, 5) is 84.7. The molecule has 0 bridgehead atoms. The largest absolute Gasteiger partial charge is 0.480 e. The average Bonchev–Trinajstić information content (AvgIpc) is 3.11. The smallest absolute Gasteiger partial charge is 0.326 e. The first-order valence-corrected chi connectivity index (χ1v) is 18.3. The van der Waals surface area contributed by atoms with Crippen LogP contribution < -0.4 is 26.6 Å². The third-order valence-corrected chi connectivity index (χ3v) is 8.45. The summed E-state index contributed by atoms with van der Waals surface area (Å²) in [6, 6.07) is 14.3.